The fourth-order valence-corrected chi connectivity index (χ4v) is 6.53. The summed E-state index contributed by atoms with van der Waals surface area (Å²) in [6.07, 6.45) is 25.1. The van der Waals surface area contributed by atoms with Crippen molar-refractivity contribution >= 4 is 8.80 Å². The molecule has 0 aliphatic heterocycles. The lowest BCUT2D eigenvalue weighted by molar-refractivity contribution is -0.896. The molecule has 0 aliphatic carbocycles. The van der Waals surface area contributed by atoms with Crippen LogP contribution in [-0.2, 0) is 13.3 Å². The second kappa shape index (κ2) is 22.8. The molecule has 0 bridgehead atoms. The summed E-state index contributed by atoms with van der Waals surface area (Å²) in [5, 5.41) is 0. The van der Waals surface area contributed by atoms with Gasteiger partial charge in [0.25, 0.3) is 0 Å². The Hall–Kier alpha value is 0.347. The molecule has 1 atom stereocenters. The number of rotatable bonds is 24. The van der Waals surface area contributed by atoms with Crippen LogP contribution in [0.2, 0.25) is 6.04 Å². The van der Waals surface area contributed by atoms with Crippen molar-refractivity contribution in [3.8, 4) is 0 Å². The Bertz CT molecular complexity index is 395. The number of halogens is 1. The highest BCUT2D eigenvalue weighted by molar-refractivity contribution is 6.60. The van der Waals surface area contributed by atoms with Crippen molar-refractivity contribution in [2.75, 3.05) is 42.5 Å². The molecule has 0 radical (unpaired) electrons. The first-order valence-corrected chi connectivity index (χ1v) is 15.7. The normalized spacial score (nSPS) is 13.2. The standard InChI is InChI=1S/C27H60NO3Si.ClH/c1-8-9-10-11-12-13-14-15-16-17-18-19-20-21-22-24-27(28(2,3)4)25-23-26-32(29-5,30-6)31-7;/h27H,8-26H2,1-7H3;1H/q+1;/p-1. The van der Waals surface area contributed by atoms with Gasteiger partial charge in [-0.1, -0.05) is 96.8 Å². The number of hydrogen-bond donors (Lipinski definition) is 0. The highest BCUT2D eigenvalue weighted by atomic mass is 35.5. The van der Waals surface area contributed by atoms with Crippen LogP contribution in [0.25, 0.3) is 0 Å². The zero-order valence-corrected chi connectivity index (χ0v) is 25.3. The van der Waals surface area contributed by atoms with E-state index in [0.717, 1.165) is 16.9 Å². The maximum absolute atomic E-state index is 5.58. The van der Waals surface area contributed by atoms with Crippen molar-refractivity contribution in [3.05, 3.63) is 0 Å². The van der Waals surface area contributed by atoms with E-state index in [1.54, 1.807) is 21.3 Å². The van der Waals surface area contributed by atoms with Gasteiger partial charge in [-0.25, -0.2) is 0 Å². The lowest BCUT2D eigenvalue weighted by Gasteiger charge is -2.35. The molecule has 0 spiro atoms. The lowest BCUT2D eigenvalue weighted by Crippen LogP contribution is -3.00. The smallest absolute Gasteiger partial charge is 0.500 e. The zero-order chi connectivity index (χ0) is 24.1. The summed E-state index contributed by atoms with van der Waals surface area (Å²) in [6, 6.07) is 1.61. The van der Waals surface area contributed by atoms with Crippen molar-refractivity contribution in [3.63, 3.8) is 0 Å². The minimum Gasteiger partial charge on any atom is -1.00 e. The van der Waals surface area contributed by atoms with E-state index in [2.05, 4.69) is 28.1 Å². The Labute approximate surface area is 215 Å². The van der Waals surface area contributed by atoms with E-state index < -0.39 is 8.80 Å². The van der Waals surface area contributed by atoms with Gasteiger partial charge >= 0.3 is 8.80 Å². The molecule has 0 aromatic rings. The molecule has 1 unspecified atom stereocenters. The Balaban J connectivity index is 0. The van der Waals surface area contributed by atoms with Crippen LogP contribution in [-0.4, -0.2) is 61.8 Å². The quantitative estimate of drug-likeness (QED) is 0.104. The van der Waals surface area contributed by atoms with Crippen molar-refractivity contribution in [2.24, 2.45) is 0 Å². The van der Waals surface area contributed by atoms with Gasteiger partial charge in [0.15, 0.2) is 0 Å². The van der Waals surface area contributed by atoms with Gasteiger partial charge in [-0.3, -0.25) is 0 Å². The van der Waals surface area contributed by atoms with Crippen molar-refractivity contribution in [1.82, 2.24) is 0 Å². The summed E-state index contributed by atoms with van der Waals surface area (Å²) in [6.45, 7) is 2.30. The van der Waals surface area contributed by atoms with E-state index in [0.29, 0.717) is 6.04 Å². The van der Waals surface area contributed by atoms with Crippen LogP contribution in [0.1, 0.15) is 122 Å². The largest absolute Gasteiger partial charge is 1.00 e. The monoisotopic (exact) mass is 509 g/mol. The lowest BCUT2D eigenvalue weighted by atomic mass is 10.00. The van der Waals surface area contributed by atoms with E-state index in [1.165, 1.54) is 109 Å². The van der Waals surface area contributed by atoms with Crippen LogP contribution in [0.3, 0.4) is 0 Å². The van der Waals surface area contributed by atoms with E-state index in [-0.39, 0.29) is 12.4 Å². The fraction of sp³-hybridized carbons (Fsp3) is 1.00. The maximum Gasteiger partial charge on any atom is 0.500 e. The Kier molecular flexibility index (Phi) is 24.5. The Morgan fingerprint density at radius 3 is 1.21 bits per heavy atom. The average molecular weight is 510 g/mol. The van der Waals surface area contributed by atoms with Crippen LogP contribution in [0.4, 0.5) is 0 Å². The van der Waals surface area contributed by atoms with Crippen LogP contribution in [0.15, 0.2) is 0 Å². The average Bonchev–Trinajstić information content (AvgIpc) is 2.77. The van der Waals surface area contributed by atoms with Gasteiger partial charge in [0.1, 0.15) is 0 Å². The first-order chi connectivity index (χ1) is 15.3. The van der Waals surface area contributed by atoms with Gasteiger partial charge < -0.3 is 30.2 Å². The summed E-state index contributed by atoms with van der Waals surface area (Å²) < 4.78 is 17.8. The minimum absolute atomic E-state index is 0. The molecule has 0 fully saturated rings. The summed E-state index contributed by atoms with van der Waals surface area (Å²) in [5.74, 6) is 0. The topological polar surface area (TPSA) is 27.7 Å². The van der Waals surface area contributed by atoms with E-state index in [1.807, 2.05) is 0 Å². The number of quaternary nitrogens is 1. The summed E-state index contributed by atoms with van der Waals surface area (Å²) in [5.41, 5.74) is 0. The molecule has 0 aromatic heterocycles. The second-order valence-corrected chi connectivity index (χ2v) is 13.8. The molecule has 0 aromatic carbocycles. The number of unbranched alkanes of at least 4 members (excludes halogenated alkanes) is 14. The van der Waals surface area contributed by atoms with Crippen LogP contribution < -0.4 is 12.4 Å². The van der Waals surface area contributed by atoms with Crippen molar-refractivity contribution < 1.29 is 30.2 Å². The molecule has 0 N–H and O–H groups in total. The summed E-state index contributed by atoms with van der Waals surface area (Å²) in [7, 11) is 9.73. The number of nitrogens with zero attached hydrogens (tertiary/aromatic N) is 1. The predicted octanol–water partition coefficient (Wildman–Crippen LogP) is 4.99. The molecule has 0 rings (SSSR count). The minimum atomic E-state index is -2.43. The second-order valence-electron chi connectivity index (χ2n) is 10.7. The van der Waals surface area contributed by atoms with Crippen molar-refractivity contribution in [1.29, 1.82) is 0 Å². The van der Waals surface area contributed by atoms with Gasteiger partial charge in [0.2, 0.25) is 0 Å². The van der Waals surface area contributed by atoms with Crippen LogP contribution in [0.5, 0.6) is 0 Å². The Morgan fingerprint density at radius 1 is 0.545 bits per heavy atom. The molecule has 0 saturated carbocycles. The molecular weight excluding hydrogens is 450 g/mol. The molecule has 33 heavy (non-hydrogen) atoms. The van der Waals surface area contributed by atoms with Gasteiger partial charge in [-0.2, -0.15) is 0 Å². The molecule has 0 amide bonds. The van der Waals surface area contributed by atoms with Gasteiger partial charge in [-0.05, 0) is 25.7 Å². The first kappa shape index (κ1) is 35.5. The first-order valence-electron chi connectivity index (χ1n) is 13.8. The van der Waals surface area contributed by atoms with Crippen LogP contribution in [0, 0.1) is 0 Å². The third kappa shape index (κ3) is 19.2. The molecular formula is C27H60ClNO3Si. The zero-order valence-electron chi connectivity index (χ0n) is 23.6. The molecule has 0 aliphatic rings. The molecule has 202 valence electrons. The van der Waals surface area contributed by atoms with E-state index in [4.69, 9.17) is 13.3 Å². The van der Waals surface area contributed by atoms with Gasteiger partial charge in [0, 0.05) is 27.4 Å². The highest BCUT2D eigenvalue weighted by Gasteiger charge is 2.37. The SMILES string of the molecule is CCCCCCCCCCCCCCCCCC(CCC[Si](OC)(OC)OC)[N+](C)(C)C.[Cl-]. The molecule has 4 nitrogen and oxygen atoms in total. The number of hydrogen-bond acceptors (Lipinski definition) is 3. The van der Waals surface area contributed by atoms with Gasteiger partial charge in [0.05, 0.1) is 27.2 Å². The predicted molar refractivity (Wildman–Crippen MR) is 142 cm³/mol. The summed E-state index contributed by atoms with van der Waals surface area (Å²) in [4.78, 5) is 0. The van der Waals surface area contributed by atoms with Gasteiger partial charge in [-0.15, -0.1) is 0 Å². The van der Waals surface area contributed by atoms with E-state index in [9.17, 15) is 0 Å². The molecule has 6 heteroatoms. The third-order valence-corrected chi connectivity index (χ3v) is 10.0. The van der Waals surface area contributed by atoms with Crippen molar-refractivity contribution in [2.45, 2.75) is 135 Å². The Morgan fingerprint density at radius 2 is 0.879 bits per heavy atom. The molecule has 0 heterocycles. The fourth-order valence-electron chi connectivity index (χ4n) is 4.78. The summed E-state index contributed by atoms with van der Waals surface area (Å²) >= 11 is 0. The van der Waals surface area contributed by atoms with Crippen LogP contribution >= 0.6 is 0 Å². The maximum atomic E-state index is 5.58. The highest BCUT2D eigenvalue weighted by Crippen LogP contribution is 2.23. The third-order valence-electron chi connectivity index (χ3n) is 7.19. The molecule has 0 saturated heterocycles. The van der Waals surface area contributed by atoms with E-state index >= 15 is 0 Å².